The number of benzene rings is 1. The Balaban J connectivity index is 2.55. The number of hydrogen-bond donors (Lipinski definition) is 0. The van der Waals surface area contributed by atoms with Gasteiger partial charge in [0.05, 0.1) is 10.9 Å². The Labute approximate surface area is 80.5 Å². The second kappa shape index (κ2) is 2.58. The summed E-state index contributed by atoms with van der Waals surface area (Å²) in [4.78, 5) is 11.9. The molecule has 1 aromatic heterocycles. The van der Waals surface area contributed by atoms with Crippen LogP contribution < -0.4 is 5.43 Å². The number of fused-ring (bicyclic) bond motifs is 2. The van der Waals surface area contributed by atoms with Crippen LogP contribution in [0.4, 0.5) is 0 Å². The zero-order chi connectivity index (χ0) is 9.54. The molecule has 0 atom stereocenters. The van der Waals surface area contributed by atoms with Crippen LogP contribution >= 0.6 is 0 Å². The fraction of sp³-hybridized carbons (Fsp3) is 0.0833. The minimum Gasteiger partial charge on any atom is -0.460 e. The van der Waals surface area contributed by atoms with Crippen molar-refractivity contribution in [2.75, 3.05) is 0 Å². The Morgan fingerprint density at radius 2 is 2.07 bits per heavy atom. The molecule has 2 aromatic rings. The lowest BCUT2D eigenvalue weighted by Gasteiger charge is -2.00. The van der Waals surface area contributed by atoms with Crippen molar-refractivity contribution in [2.24, 2.45) is 0 Å². The molecule has 0 bridgehead atoms. The number of allylic oxidation sites excluding steroid dienone is 1. The molecule has 2 nitrogen and oxygen atoms in total. The lowest BCUT2D eigenvalue weighted by Crippen LogP contribution is -2.06. The van der Waals surface area contributed by atoms with Crippen molar-refractivity contribution in [3.8, 4) is 0 Å². The molecule has 0 fully saturated rings. The van der Waals surface area contributed by atoms with Crippen LogP contribution in [-0.4, -0.2) is 0 Å². The van der Waals surface area contributed by atoms with Crippen LogP contribution in [0.15, 0.2) is 39.6 Å². The maximum Gasteiger partial charge on any atom is 0.200 e. The van der Waals surface area contributed by atoms with Gasteiger partial charge in [-0.15, -0.1) is 0 Å². The third kappa shape index (κ3) is 0.880. The van der Waals surface area contributed by atoms with E-state index in [-0.39, 0.29) is 5.43 Å². The summed E-state index contributed by atoms with van der Waals surface area (Å²) < 4.78 is 5.62. The molecule has 1 aromatic carbocycles. The molecule has 0 spiro atoms. The minimum absolute atomic E-state index is 0.0793. The molecule has 14 heavy (non-hydrogen) atoms. The molecule has 0 N–H and O–H groups in total. The van der Waals surface area contributed by atoms with E-state index in [2.05, 4.69) is 0 Å². The first-order valence-corrected chi connectivity index (χ1v) is 4.57. The van der Waals surface area contributed by atoms with Gasteiger partial charge in [0.1, 0.15) is 11.3 Å². The predicted molar refractivity (Wildman–Crippen MR) is 55.2 cm³/mol. The first-order valence-electron chi connectivity index (χ1n) is 4.57. The molecule has 2 heteroatoms. The second-order valence-electron chi connectivity index (χ2n) is 3.37. The van der Waals surface area contributed by atoms with Gasteiger partial charge in [-0.3, -0.25) is 4.79 Å². The molecule has 0 saturated carbocycles. The van der Waals surface area contributed by atoms with Crippen LogP contribution in [0, 0.1) is 0 Å². The van der Waals surface area contributed by atoms with Crippen molar-refractivity contribution >= 4 is 17.0 Å². The Morgan fingerprint density at radius 1 is 1.21 bits per heavy atom. The van der Waals surface area contributed by atoms with Crippen molar-refractivity contribution in [1.82, 2.24) is 0 Å². The zero-order valence-corrected chi connectivity index (χ0v) is 7.49. The van der Waals surface area contributed by atoms with Crippen molar-refractivity contribution in [3.63, 3.8) is 0 Å². The number of hydrogen-bond acceptors (Lipinski definition) is 2. The smallest absolute Gasteiger partial charge is 0.200 e. The molecule has 0 amide bonds. The molecule has 1 aliphatic carbocycles. The molecule has 68 valence electrons. The Morgan fingerprint density at radius 3 is 3.00 bits per heavy atom. The normalized spacial score (nSPS) is 13.4. The fourth-order valence-corrected chi connectivity index (χ4v) is 1.81. The third-order valence-electron chi connectivity index (χ3n) is 2.50. The van der Waals surface area contributed by atoms with E-state index in [0.717, 1.165) is 12.2 Å². The van der Waals surface area contributed by atoms with Gasteiger partial charge >= 0.3 is 0 Å². The summed E-state index contributed by atoms with van der Waals surface area (Å²) in [5.41, 5.74) is 1.47. The summed E-state index contributed by atoms with van der Waals surface area (Å²) in [6.45, 7) is 0. The zero-order valence-electron chi connectivity index (χ0n) is 7.49. The molecule has 3 rings (SSSR count). The SMILES string of the molecule is O=c1c2c(oc3ccccc13)CC=C2. The Bertz CT molecular complexity index is 591. The van der Waals surface area contributed by atoms with E-state index in [4.69, 9.17) is 4.42 Å². The van der Waals surface area contributed by atoms with Crippen molar-refractivity contribution in [3.05, 3.63) is 51.9 Å². The number of para-hydroxylation sites is 1. The average Bonchev–Trinajstić information content (AvgIpc) is 2.66. The summed E-state index contributed by atoms with van der Waals surface area (Å²) in [7, 11) is 0. The van der Waals surface area contributed by atoms with Gasteiger partial charge in [-0.2, -0.15) is 0 Å². The topological polar surface area (TPSA) is 30.2 Å². The van der Waals surface area contributed by atoms with Crippen molar-refractivity contribution < 1.29 is 4.42 Å². The van der Waals surface area contributed by atoms with E-state index < -0.39 is 0 Å². The van der Waals surface area contributed by atoms with Crippen LogP contribution in [0.2, 0.25) is 0 Å². The highest BCUT2D eigenvalue weighted by molar-refractivity contribution is 5.80. The van der Waals surface area contributed by atoms with Gasteiger partial charge in [0.2, 0.25) is 0 Å². The van der Waals surface area contributed by atoms with E-state index in [1.54, 1.807) is 6.07 Å². The highest BCUT2D eigenvalue weighted by atomic mass is 16.3. The van der Waals surface area contributed by atoms with Gasteiger partial charge in [0.25, 0.3) is 0 Å². The average molecular weight is 184 g/mol. The van der Waals surface area contributed by atoms with Gasteiger partial charge in [-0.1, -0.05) is 24.3 Å². The molecule has 1 heterocycles. The molecule has 0 unspecified atom stereocenters. The van der Waals surface area contributed by atoms with E-state index in [0.29, 0.717) is 16.5 Å². The van der Waals surface area contributed by atoms with Crippen molar-refractivity contribution in [1.29, 1.82) is 0 Å². The van der Waals surface area contributed by atoms with E-state index in [1.807, 2.05) is 30.4 Å². The van der Waals surface area contributed by atoms with Gasteiger partial charge in [-0.25, -0.2) is 0 Å². The maximum atomic E-state index is 11.9. The van der Waals surface area contributed by atoms with Crippen molar-refractivity contribution in [2.45, 2.75) is 6.42 Å². The van der Waals surface area contributed by atoms with Gasteiger partial charge in [0.15, 0.2) is 5.43 Å². The van der Waals surface area contributed by atoms with Crippen LogP contribution in [0.1, 0.15) is 11.3 Å². The molecule has 0 radical (unpaired) electrons. The molecular weight excluding hydrogens is 176 g/mol. The lowest BCUT2D eigenvalue weighted by molar-refractivity contribution is 0.553. The Hall–Kier alpha value is -1.83. The first kappa shape index (κ1) is 7.56. The van der Waals surface area contributed by atoms with E-state index in [9.17, 15) is 4.79 Å². The molecule has 0 saturated heterocycles. The Kier molecular flexibility index (Phi) is 1.39. The highest BCUT2D eigenvalue weighted by Crippen LogP contribution is 2.20. The van der Waals surface area contributed by atoms with E-state index in [1.165, 1.54) is 0 Å². The number of rotatable bonds is 0. The van der Waals surface area contributed by atoms with E-state index >= 15 is 0 Å². The predicted octanol–water partition coefficient (Wildman–Crippen LogP) is 2.36. The molecular formula is C12H8O2. The summed E-state index contributed by atoms with van der Waals surface area (Å²) in [6.07, 6.45) is 4.53. The highest BCUT2D eigenvalue weighted by Gasteiger charge is 2.14. The minimum atomic E-state index is 0.0793. The summed E-state index contributed by atoms with van der Waals surface area (Å²) in [5.74, 6) is 0.786. The third-order valence-corrected chi connectivity index (χ3v) is 2.50. The molecule has 1 aliphatic rings. The summed E-state index contributed by atoms with van der Waals surface area (Å²) in [6, 6.07) is 7.35. The van der Waals surface area contributed by atoms with Crippen LogP contribution in [-0.2, 0) is 6.42 Å². The standard InChI is InChI=1S/C12H8O2/c13-12-8-4-1-2-6-10(8)14-11-7-3-5-9(11)12/h1-6H,7H2. The fourth-order valence-electron chi connectivity index (χ4n) is 1.81. The largest absolute Gasteiger partial charge is 0.460 e. The van der Waals surface area contributed by atoms with Gasteiger partial charge in [-0.05, 0) is 12.1 Å². The second-order valence-corrected chi connectivity index (χ2v) is 3.37. The summed E-state index contributed by atoms with van der Waals surface area (Å²) in [5, 5.41) is 0.665. The maximum absolute atomic E-state index is 11.9. The lowest BCUT2D eigenvalue weighted by atomic mass is 10.1. The first-order chi connectivity index (χ1) is 6.86. The van der Waals surface area contributed by atoms with Crippen LogP contribution in [0.3, 0.4) is 0 Å². The monoisotopic (exact) mass is 184 g/mol. The van der Waals surface area contributed by atoms with Gasteiger partial charge in [0, 0.05) is 6.42 Å². The van der Waals surface area contributed by atoms with Crippen LogP contribution in [0.5, 0.6) is 0 Å². The summed E-state index contributed by atoms with van der Waals surface area (Å²) >= 11 is 0. The van der Waals surface area contributed by atoms with Crippen LogP contribution in [0.25, 0.3) is 17.0 Å². The van der Waals surface area contributed by atoms with Gasteiger partial charge < -0.3 is 4.42 Å². The molecule has 0 aliphatic heterocycles. The quantitative estimate of drug-likeness (QED) is 0.629.